The first-order chi connectivity index (χ1) is 13.3. The van der Waals surface area contributed by atoms with E-state index in [2.05, 4.69) is 0 Å². The second-order valence-electron chi connectivity index (χ2n) is 7.47. The van der Waals surface area contributed by atoms with E-state index < -0.39 is 12.2 Å². The van der Waals surface area contributed by atoms with E-state index in [0.717, 1.165) is 0 Å². The standard InChI is InChI=1S/C19H24Cl2N2O5/c20-13-3-4-14(24)15(16(13)21)17(25)11-2-1-7-22(8-5-11)18(26)12-6-9-23(10-12)19(27)28/h3-4,11-12,17,24-25H,1-2,5-10H2,(H,27,28)/t11-,12+,17?/m1/s1. The fourth-order valence-electron chi connectivity index (χ4n) is 4.13. The van der Waals surface area contributed by atoms with Gasteiger partial charge in [-0.1, -0.05) is 23.2 Å². The van der Waals surface area contributed by atoms with Gasteiger partial charge in [-0.25, -0.2) is 4.79 Å². The van der Waals surface area contributed by atoms with Gasteiger partial charge in [0.25, 0.3) is 0 Å². The summed E-state index contributed by atoms with van der Waals surface area (Å²) in [5.41, 5.74) is 0.229. The van der Waals surface area contributed by atoms with Crippen LogP contribution < -0.4 is 0 Å². The normalized spacial score (nSPS) is 24.1. The van der Waals surface area contributed by atoms with Crippen molar-refractivity contribution in [3.63, 3.8) is 0 Å². The number of carbonyl (C=O) groups excluding carboxylic acids is 1. The molecule has 2 amide bonds. The largest absolute Gasteiger partial charge is 0.508 e. The fraction of sp³-hybridized carbons (Fsp3) is 0.579. The smallest absolute Gasteiger partial charge is 0.407 e. The minimum atomic E-state index is -0.993. The molecule has 0 bridgehead atoms. The van der Waals surface area contributed by atoms with E-state index in [1.165, 1.54) is 17.0 Å². The molecule has 3 atom stereocenters. The molecule has 1 aromatic carbocycles. The van der Waals surface area contributed by atoms with Crippen molar-refractivity contribution in [2.75, 3.05) is 26.2 Å². The van der Waals surface area contributed by atoms with E-state index in [4.69, 9.17) is 28.3 Å². The summed E-state index contributed by atoms with van der Waals surface area (Å²) in [5, 5.41) is 30.4. The van der Waals surface area contributed by atoms with Crippen molar-refractivity contribution in [1.82, 2.24) is 9.80 Å². The average Bonchev–Trinajstić information content (AvgIpc) is 3.03. The molecule has 1 unspecified atom stereocenters. The third-order valence-corrected chi connectivity index (χ3v) is 6.56. The maximum Gasteiger partial charge on any atom is 0.407 e. The Kier molecular flexibility index (Phi) is 6.58. The Labute approximate surface area is 173 Å². The van der Waals surface area contributed by atoms with Gasteiger partial charge in [0, 0.05) is 31.7 Å². The van der Waals surface area contributed by atoms with E-state index in [1.807, 2.05) is 0 Å². The Bertz CT molecular complexity index is 760. The third-order valence-electron chi connectivity index (χ3n) is 5.74. The molecule has 0 radical (unpaired) electrons. The van der Waals surface area contributed by atoms with Crippen molar-refractivity contribution in [3.05, 3.63) is 27.7 Å². The van der Waals surface area contributed by atoms with E-state index in [-0.39, 0.29) is 45.6 Å². The highest BCUT2D eigenvalue weighted by atomic mass is 35.5. The van der Waals surface area contributed by atoms with E-state index >= 15 is 0 Å². The number of carbonyl (C=O) groups is 2. The molecule has 0 aromatic heterocycles. The van der Waals surface area contributed by atoms with Crippen LogP contribution in [-0.2, 0) is 4.79 Å². The Morgan fingerprint density at radius 2 is 1.79 bits per heavy atom. The van der Waals surface area contributed by atoms with Gasteiger partial charge in [0.2, 0.25) is 5.91 Å². The van der Waals surface area contributed by atoms with Crippen LogP contribution in [-0.4, -0.2) is 63.3 Å². The zero-order valence-corrected chi connectivity index (χ0v) is 16.9. The number of nitrogens with zero attached hydrogens (tertiary/aromatic N) is 2. The summed E-state index contributed by atoms with van der Waals surface area (Å²) in [5.74, 6) is -0.593. The lowest BCUT2D eigenvalue weighted by Gasteiger charge is -2.25. The van der Waals surface area contributed by atoms with Crippen LogP contribution in [0.5, 0.6) is 5.75 Å². The van der Waals surface area contributed by atoms with Crippen LogP contribution in [0.25, 0.3) is 0 Å². The van der Waals surface area contributed by atoms with Crippen LogP contribution in [0.2, 0.25) is 10.0 Å². The van der Waals surface area contributed by atoms with Crippen molar-refractivity contribution in [2.45, 2.75) is 31.8 Å². The molecule has 0 aliphatic carbocycles. The fourth-order valence-corrected chi connectivity index (χ4v) is 4.56. The zero-order valence-electron chi connectivity index (χ0n) is 15.4. The summed E-state index contributed by atoms with van der Waals surface area (Å²) >= 11 is 12.2. The number of carboxylic acid groups (broad SMARTS) is 1. The quantitative estimate of drug-likeness (QED) is 0.682. The number of likely N-dealkylation sites (tertiary alicyclic amines) is 2. The first-order valence-corrected chi connectivity index (χ1v) is 10.2. The molecular formula is C19H24Cl2N2O5. The maximum absolute atomic E-state index is 12.8. The molecule has 0 spiro atoms. The summed E-state index contributed by atoms with van der Waals surface area (Å²) < 4.78 is 0. The van der Waals surface area contributed by atoms with Crippen LogP contribution in [0.4, 0.5) is 4.79 Å². The molecule has 2 saturated heterocycles. The Morgan fingerprint density at radius 1 is 1.07 bits per heavy atom. The number of aliphatic hydroxyl groups is 1. The summed E-state index contributed by atoms with van der Waals surface area (Å²) in [4.78, 5) is 26.9. The van der Waals surface area contributed by atoms with Gasteiger partial charge in [-0.2, -0.15) is 0 Å². The lowest BCUT2D eigenvalue weighted by Crippen LogP contribution is -2.38. The molecule has 0 saturated carbocycles. The molecule has 3 N–H and O–H groups in total. The number of hydrogen-bond acceptors (Lipinski definition) is 4. The third kappa shape index (κ3) is 4.31. The van der Waals surface area contributed by atoms with Crippen LogP contribution in [0.1, 0.15) is 37.4 Å². The van der Waals surface area contributed by atoms with Crippen LogP contribution in [0.15, 0.2) is 12.1 Å². The molecule has 1 aromatic rings. The first-order valence-electron chi connectivity index (χ1n) is 9.41. The van der Waals surface area contributed by atoms with Gasteiger partial charge in [0.15, 0.2) is 0 Å². The maximum atomic E-state index is 12.8. The molecule has 154 valence electrons. The molecule has 7 nitrogen and oxygen atoms in total. The molecule has 28 heavy (non-hydrogen) atoms. The number of phenolic OH excluding ortho intramolecular Hbond substituents is 1. The Hall–Kier alpha value is -1.70. The van der Waals surface area contributed by atoms with E-state index in [9.17, 15) is 19.8 Å². The van der Waals surface area contributed by atoms with Crippen LogP contribution >= 0.6 is 23.2 Å². The number of phenols is 1. The van der Waals surface area contributed by atoms with Gasteiger partial charge in [0.1, 0.15) is 5.75 Å². The predicted molar refractivity (Wildman–Crippen MR) is 105 cm³/mol. The predicted octanol–water partition coefficient (Wildman–Crippen LogP) is 3.36. The van der Waals surface area contributed by atoms with Gasteiger partial charge in [0.05, 0.1) is 22.1 Å². The summed E-state index contributed by atoms with van der Waals surface area (Å²) in [6, 6.07) is 2.89. The van der Waals surface area contributed by atoms with Crippen molar-refractivity contribution in [2.24, 2.45) is 11.8 Å². The van der Waals surface area contributed by atoms with Crippen molar-refractivity contribution in [3.8, 4) is 5.75 Å². The SMILES string of the molecule is O=C(O)N1CC[C@H](C(=O)N2CCC[C@@H](C(O)c3c(O)ccc(Cl)c3Cl)CC2)C1. The van der Waals surface area contributed by atoms with Gasteiger partial charge in [-0.3, -0.25) is 4.79 Å². The molecular weight excluding hydrogens is 407 g/mol. The number of aliphatic hydroxyl groups excluding tert-OH is 1. The van der Waals surface area contributed by atoms with Crippen molar-refractivity contribution >= 4 is 35.2 Å². The minimum absolute atomic E-state index is 0.0254. The monoisotopic (exact) mass is 430 g/mol. The van der Waals surface area contributed by atoms with Crippen LogP contribution in [0.3, 0.4) is 0 Å². The number of halogens is 2. The molecule has 2 aliphatic rings. The molecule has 9 heteroatoms. The van der Waals surface area contributed by atoms with Gasteiger partial charge in [-0.05, 0) is 43.7 Å². The molecule has 3 rings (SSSR count). The molecule has 2 aliphatic heterocycles. The van der Waals surface area contributed by atoms with E-state index in [0.29, 0.717) is 45.3 Å². The van der Waals surface area contributed by atoms with Gasteiger partial charge in [-0.15, -0.1) is 0 Å². The average molecular weight is 431 g/mol. The number of benzene rings is 1. The highest BCUT2D eigenvalue weighted by Gasteiger charge is 2.35. The van der Waals surface area contributed by atoms with E-state index in [1.54, 1.807) is 4.90 Å². The Balaban J connectivity index is 1.65. The topological polar surface area (TPSA) is 101 Å². The number of hydrogen-bond donors (Lipinski definition) is 3. The summed E-state index contributed by atoms with van der Waals surface area (Å²) in [6.45, 7) is 1.67. The van der Waals surface area contributed by atoms with Crippen molar-refractivity contribution < 1.29 is 24.9 Å². The lowest BCUT2D eigenvalue weighted by atomic mass is 9.89. The van der Waals surface area contributed by atoms with Crippen LogP contribution in [0, 0.1) is 11.8 Å². The zero-order chi connectivity index (χ0) is 20.4. The summed E-state index contributed by atoms with van der Waals surface area (Å²) in [6.07, 6.45) is 0.522. The van der Waals surface area contributed by atoms with Crippen molar-refractivity contribution in [1.29, 1.82) is 0 Å². The first kappa shape index (κ1) is 21.0. The highest BCUT2D eigenvalue weighted by molar-refractivity contribution is 6.42. The summed E-state index contributed by atoms with van der Waals surface area (Å²) in [7, 11) is 0. The minimum Gasteiger partial charge on any atom is -0.508 e. The van der Waals surface area contributed by atoms with Gasteiger partial charge >= 0.3 is 6.09 Å². The second kappa shape index (κ2) is 8.76. The Morgan fingerprint density at radius 3 is 2.46 bits per heavy atom. The highest BCUT2D eigenvalue weighted by Crippen LogP contribution is 2.42. The van der Waals surface area contributed by atoms with Gasteiger partial charge < -0.3 is 25.1 Å². The lowest BCUT2D eigenvalue weighted by molar-refractivity contribution is -0.135. The number of aromatic hydroxyl groups is 1. The second-order valence-corrected chi connectivity index (χ2v) is 8.25. The number of amides is 2. The molecule has 2 fully saturated rings. The number of rotatable bonds is 3. The molecule has 2 heterocycles.